The second-order valence-electron chi connectivity index (χ2n) is 7.76. The molecule has 3 aromatic carbocycles. The Morgan fingerprint density at radius 3 is 2.49 bits per heavy atom. The maximum atomic E-state index is 13.0. The molecule has 0 aromatic heterocycles. The lowest BCUT2D eigenvalue weighted by Crippen LogP contribution is -2.54. The molecule has 1 fully saturated rings. The molecule has 35 heavy (non-hydrogen) atoms. The number of barbiturate groups is 1. The lowest BCUT2D eigenvalue weighted by molar-refractivity contribution is -0.255. The smallest absolute Gasteiger partial charge is 0.335 e. The Labute approximate surface area is 205 Å². The van der Waals surface area contributed by atoms with Crippen LogP contribution in [0.3, 0.4) is 0 Å². The first-order valence-electron chi connectivity index (χ1n) is 10.4. The fourth-order valence-corrected chi connectivity index (χ4v) is 3.67. The number of nitrogens with zero attached hydrogens (tertiary/aromatic N) is 1. The van der Waals surface area contributed by atoms with Crippen LogP contribution in [0.4, 0.5) is 10.5 Å². The van der Waals surface area contributed by atoms with Gasteiger partial charge < -0.3 is 14.6 Å². The molecule has 8 nitrogen and oxygen atoms in total. The Hall–Kier alpha value is -4.43. The van der Waals surface area contributed by atoms with Gasteiger partial charge in [0.25, 0.3) is 11.8 Å². The summed E-state index contributed by atoms with van der Waals surface area (Å²) >= 11 is 6.32. The fraction of sp³-hybridized carbons (Fsp3) is 0.0769. The number of hydrogen-bond acceptors (Lipinski definition) is 6. The Morgan fingerprint density at radius 2 is 1.80 bits per heavy atom. The van der Waals surface area contributed by atoms with E-state index < -0.39 is 23.8 Å². The molecule has 0 bridgehead atoms. The molecule has 1 N–H and O–H groups in total. The van der Waals surface area contributed by atoms with Crippen LogP contribution in [0.15, 0.2) is 72.3 Å². The third-order valence-electron chi connectivity index (χ3n) is 5.22. The highest BCUT2D eigenvalue weighted by Crippen LogP contribution is 2.28. The number of amides is 4. The SMILES string of the molecule is Cc1ccc(N2C(=O)NC(=O)/C(=C\c3ccc(OCc4cccc(C(=O)[O-])c4)c(Cl)c3)C2=O)cc1. The second kappa shape index (κ2) is 9.82. The first-order chi connectivity index (χ1) is 16.7. The van der Waals surface area contributed by atoms with E-state index in [-0.39, 0.29) is 22.8 Å². The van der Waals surface area contributed by atoms with E-state index in [1.807, 2.05) is 6.92 Å². The van der Waals surface area contributed by atoms with Crippen LogP contribution in [0.2, 0.25) is 5.02 Å². The summed E-state index contributed by atoms with van der Waals surface area (Å²) in [7, 11) is 0. The van der Waals surface area contributed by atoms with Crippen LogP contribution in [0.1, 0.15) is 27.0 Å². The van der Waals surface area contributed by atoms with Crippen LogP contribution in [0, 0.1) is 6.92 Å². The number of aryl methyl sites for hydroxylation is 1. The molecule has 1 saturated heterocycles. The maximum absolute atomic E-state index is 13.0. The molecule has 4 amide bonds. The fourth-order valence-electron chi connectivity index (χ4n) is 3.43. The minimum absolute atomic E-state index is 0.0350. The summed E-state index contributed by atoms with van der Waals surface area (Å²) in [6, 6.07) is 16.7. The minimum atomic E-state index is -1.29. The van der Waals surface area contributed by atoms with E-state index in [1.54, 1.807) is 48.5 Å². The van der Waals surface area contributed by atoms with Crippen LogP contribution in [0.25, 0.3) is 6.08 Å². The molecule has 0 saturated carbocycles. The van der Waals surface area contributed by atoms with Gasteiger partial charge in [-0.1, -0.05) is 53.6 Å². The first kappa shape index (κ1) is 23.7. The molecule has 9 heteroatoms. The van der Waals surface area contributed by atoms with Crippen molar-refractivity contribution in [3.63, 3.8) is 0 Å². The zero-order valence-electron chi connectivity index (χ0n) is 18.4. The third kappa shape index (κ3) is 5.23. The summed E-state index contributed by atoms with van der Waals surface area (Å²) < 4.78 is 5.68. The van der Waals surface area contributed by atoms with Crippen molar-refractivity contribution in [3.8, 4) is 5.75 Å². The Bertz CT molecular complexity index is 1380. The summed E-state index contributed by atoms with van der Waals surface area (Å²) in [6.07, 6.45) is 1.34. The third-order valence-corrected chi connectivity index (χ3v) is 5.51. The van der Waals surface area contributed by atoms with Gasteiger partial charge in [0, 0.05) is 0 Å². The van der Waals surface area contributed by atoms with Crippen LogP contribution in [0.5, 0.6) is 5.75 Å². The zero-order chi connectivity index (χ0) is 25.1. The number of carboxylic acids is 1. The van der Waals surface area contributed by atoms with Crippen LogP contribution in [-0.4, -0.2) is 23.8 Å². The summed E-state index contributed by atoms with van der Waals surface area (Å²) in [6.45, 7) is 1.94. The average molecular weight is 490 g/mol. The highest BCUT2D eigenvalue weighted by atomic mass is 35.5. The van der Waals surface area contributed by atoms with E-state index in [4.69, 9.17) is 16.3 Å². The van der Waals surface area contributed by atoms with Crippen molar-refractivity contribution in [2.24, 2.45) is 0 Å². The molecule has 1 aliphatic rings. The Morgan fingerprint density at radius 1 is 1.06 bits per heavy atom. The number of aromatic carboxylic acids is 1. The molecule has 4 rings (SSSR count). The number of carbonyl (C=O) groups excluding carboxylic acids is 4. The quantitative estimate of drug-likeness (QED) is 0.419. The number of imide groups is 2. The van der Waals surface area contributed by atoms with Crippen molar-refractivity contribution in [3.05, 3.63) is 99.6 Å². The summed E-state index contributed by atoms with van der Waals surface area (Å²) in [5.41, 5.74) is 2.15. The van der Waals surface area contributed by atoms with Crippen LogP contribution in [-0.2, 0) is 16.2 Å². The number of benzene rings is 3. The molecule has 0 radical (unpaired) electrons. The second-order valence-corrected chi connectivity index (χ2v) is 8.17. The monoisotopic (exact) mass is 489 g/mol. The lowest BCUT2D eigenvalue weighted by atomic mass is 10.1. The van der Waals surface area contributed by atoms with Gasteiger partial charge in [-0.25, -0.2) is 9.69 Å². The van der Waals surface area contributed by atoms with E-state index in [9.17, 15) is 24.3 Å². The average Bonchev–Trinajstić information content (AvgIpc) is 2.82. The van der Waals surface area contributed by atoms with Crippen LogP contribution >= 0.6 is 11.6 Å². The van der Waals surface area contributed by atoms with E-state index in [0.29, 0.717) is 22.6 Å². The molecular formula is C26H18ClN2O6-. The summed E-state index contributed by atoms with van der Waals surface area (Å²) in [5.74, 6) is -2.53. The number of carboxylic acid groups (broad SMARTS) is 1. The van der Waals surface area contributed by atoms with E-state index in [1.165, 1.54) is 24.3 Å². The van der Waals surface area contributed by atoms with Crippen molar-refractivity contribution in [1.82, 2.24) is 5.32 Å². The highest BCUT2D eigenvalue weighted by Gasteiger charge is 2.36. The maximum Gasteiger partial charge on any atom is 0.335 e. The van der Waals surface area contributed by atoms with Crippen molar-refractivity contribution in [1.29, 1.82) is 0 Å². The molecule has 0 atom stereocenters. The van der Waals surface area contributed by atoms with Crippen LogP contribution < -0.4 is 20.1 Å². The number of ether oxygens (including phenoxy) is 1. The number of anilines is 1. The molecule has 3 aromatic rings. The summed E-state index contributed by atoms with van der Waals surface area (Å²) in [5, 5.41) is 13.4. The number of halogens is 1. The van der Waals surface area contributed by atoms with E-state index in [0.717, 1.165) is 10.5 Å². The number of nitrogens with one attached hydrogen (secondary N) is 1. The van der Waals surface area contributed by atoms with Gasteiger partial charge >= 0.3 is 6.03 Å². The number of hydrogen-bond donors (Lipinski definition) is 1. The number of carbonyl (C=O) groups is 4. The number of rotatable bonds is 6. The van der Waals surface area contributed by atoms with E-state index in [2.05, 4.69) is 5.32 Å². The topological polar surface area (TPSA) is 116 Å². The molecule has 0 unspecified atom stereocenters. The van der Waals surface area contributed by atoms with Gasteiger partial charge in [-0.3, -0.25) is 14.9 Å². The van der Waals surface area contributed by atoms with Gasteiger partial charge in [0.1, 0.15) is 17.9 Å². The standard InChI is InChI=1S/C26H19ClN2O6/c1-15-5-8-19(9-6-15)29-24(31)20(23(30)28-26(29)34)12-16-7-10-22(21(27)13-16)35-14-17-3-2-4-18(11-17)25(32)33/h2-13H,14H2,1H3,(H,32,33)(H,28,30,34)/p-1/b20-12+. The van der Waals surface area contributed by atoms with Crippen molar-refractivity contribution in [2.75, 3.05) is 4.90 Å². The van der Waals surface area contributed by atoms with Gasteiger partial charge in [-0.2, -0.15) is 0 Å². The highest BCUT2D eigenvalue weighted by molar-refractivity contribution is 6.39. The first-order valence-corrected chi connectivity index (χ1v) is 10.8. The van der Waals surface area contributed by atoms with Gasteiger partial charge in [-0.05, 0) is 60.0 Å². The summed E-state index contributed by atoms with van der Waals surface area (Å²) in [4.78, 5) is 49.6. The van der Waals surface area contributed by atoms with Gasteiger partial charge in [0.05, 0.1) is 16.7 Å². The molecule has 1 aliphatic heterocycles. The largest absolute Gasteiger partial charge is 0.545 e. The minimum Gasteiger partial charge on any atom is -0.545 e. The predicted molar refractivity (Wildman–Crippen MR) is 127 cm³/mol. The van der Waals surface area contributed by atoms with Crippen molar-refractivity contribution in [2.45, 2.75) is 13.5 Å². The predicted octanol–water partition coefficient (Wildman–Crippen LogP) is 3.26. The van der Waals surface area contributed by atoms with Gasteiger partial charge in [0.15, 0.2) is 0 Å². The normalized spacial score (nSPS) is 14.7. The van der Waals surface area contributed by atoms with Gasteiger partial charge in [0.2, 0.25) is 0 Å². The molecule has 0 aliphatic carbocycles. The Kier molecular flexibility index (Phi) is 6.66. The van der Waals surface area contributed by atoms with Gasteiger partial charge in [-0.15, -0.1) is 0 Å². The zero-order valence-corrected chi connectivity index (χ0v) is 19.2. The van der Waals surface area contributed by atoms with E-state index >= 15 is 0 Å². The Balaban J connectivity index is 1.54. The van der Waals surface area contributed by atoms with Crippen molar-refractivity contribution < 1.29 is 29.0 Å². The molecule has 176 valence electrons. The number of urea groups is 1. The van der Waals surface area contributed by atoms with Crippen molar-refractivity contribution >= 4 is 47.2 Å². The lowest BCUT2D eigenvalue weighted by Gasteiger charge is -2.26. The molecule has 0 spiro atoms. The molecular weight excluding hydrogens is 472 g/mol. The molecule has 1 heterocycles.